The SMILES string of the molecule is CCN(c1ccccc1)c1c(-c2ccn(C)n2)[nH]c(=O)c(S(=O)(=O)c2ccc(-c3ccccc3C(N)=O)cc2)c1O. The van der Waals surface area contributed by atoms with Crippen LogP contribution < -0.4 is 16.2 Å². The minimum Gasteiger partial charge on any atom is -0.504 e. The number of para-hydroxylation sites is 1. The molecular weight excluding hydrogens is 542 g/mol. The van der Waals surface area contributed by atoms with Crippen molar-refractivity contribution >= 4 is 27.1 Å². The first kappa shape index (κ1) is 27.4. The Bertz CT molecular complexity index is 1910. The normalized spacial score (nSPS) is 11.4. The number of pyridine rings is 1. The second-order valence-electron chi connectivity index (χ2n) is 9.25. The van der Waals surface area contributed by atoms with Crippen LogP contribution in [0, 0.1) is 0 Å². The minimum absolute atomic E-state index is 0.0996. The Kier molecular flexibility index (Phi) is 7.21. The molecule has 0 aliphatic rings. The summed E-state index contributed by atoms with van der Waals surface area (Å²) in [4.78, 5) is 28.6. The second-order valence-corrected chi connectivity index (χ2v) is 11.1. The van der Waals surface area contributed by atoms with E-state index in [1.807, 2.05) is 37.3 Å². The summed E-state index contributed by atoms with van der Waals surface area (Å²) in [5, 5.41) is 16.0. The van der Waals surface area contributed by atoms with E-state index in [9.17, 15) is 23.1 Å². The molecule has 5 aromatic rings. The van der Waals surface area contributed by atoms with E-state index in [1.54, 1.807) is 48.5 Å². The van der Waals surface area contributed by atoms with Gasteiger partial charge in [0.15, 0.2) is 10.6 Å². The number of benzene rings is 3. The topological polar surface area (TPSA) is 151 Å². The smallest absolute Gasteiger partial charge is 0.271 e. The van der Waals surface area contributed by atoms with Crippen molar-refractivity contribution in [2.24, 2.45) is 12.8 Å². The standard InChI is InChI=1S/C30H27N5O5S/c1-3-35(20-9-5-4-6-10-20)26-25(24-17-18-34(2)33-24)32-30(38)28(27(26)36)41(39,40)21-15-13-19(14-16-21)22-11-7-8-12-23(22)29(31)37/h4-18H,3H2,1-2H3,(H2,31,37)(H2,32,36,38). The van der Waals surface area contributed by atoms with Crippen molar-refractivity contribution in [3.8, 4) is 28.3 Å². The highest BCUT2D eigenvalue weighted by molar-refractivity contribution is 7.91. The molecule has 0 atom stereocenters. The summed E-state index contributed by atoms with van der Waals surface area (Å²) in [6.07, 6.45) is 1.68. The largest absolute Gasteiger partial charge is 0.504 e. The predicted molar refractivity (Wildman–Crippen MR) is 156 cm³/mol. The van der Waals surface area contributed by atoms with Crippen molar-refractivity contribution in [3.05, 3.63) is 107 Å². The van der Waals surface area contributed by atoms with Crippen LogP contribution in [0.5, 0.6) is 5.75 Å². The van der Waals surface area contributed by atoms with Gasteiger partial charge in [-0.05, 0) is 54.4 Å². The van der Waals surface area contributed by atoms with Gasteiger partial charge in [0.1, 0.15) is 11.4 Å². The van der Waals surface area contributed by atoms with Gasteiger partial charge in [-0.2, -0.15) is 5.10 Å². The summed E-state index contributed by atoms with van der Waals surface area (Å²) in [5.74, 6) is -1.31. The number of aryl methyl sites for hydroxylation is 1. The van der Waals surface area contributed by atoms with Crippen molar-refractivity contribution < 1.29 is 18.3 Å². The number of carbonyl (C=O) groups is 1. The van der Waals surface area contributed by atoms with Crippen LogP contribution in [0.1, 0.15) is 17.3 Å². The number of nitrogens with one attached hydrogen (secondary N) is 1. The summed E-state index contributed by atoms with van der Waals surface area (Å²) in [5.41, 5.74) is 7.20. The van der Waals surface area contributed by atoms with Gasteiger partial charge < -0.3 is 20.7 Å². The zero-order valence-corrected chi connectivity index (χ0v) is 23.1. The third-order valence-corrected chi connectivity index (χ3v) is 8.49. The van der Waals surface area contributed by atoms with Crippen LogP contribution in [0.25, 0.3) is 22.5 Å². The summed E-state index contributed by atoms with van der Waals surface area (Å²) in [7, 11) is -2.79. The first-order chi connectivity index (χ1) is 19.6. The van der Waals surface area contributed by atoms with E-state index in [2.05, 4.69) is 10.1 Å². The number of aromatic hydroxyl groups is 1. The van der Waals surface area contributed by atoms with E-state index in [0.29, 0.717) is 29.1 Å². The number of H-pyrrole nitrogens is 1. The first-order valence-corrected chi connectivity index (χ1v) is 14.2. The van der Waals surface area contributed by atoms with E-state index < -0.39 is 31.9 Å². The van der Waals surface area contributed by atoms with Crippen LogP contribution >= 0.6 is 0 Å². The van der Waals surface area contributed by atoms with Crippen LogP contribution in [0.4, 0.5) is 11.4 Å². The van der Waals surface area contributed by atoms with Gasteiger partial charge in [0, 0.05) is 31.0 Å². The van der Waals surface area contributed by atoms with Gasteiger partial charge in [-0.3, -0.25) is 14.3 Å². The van der Waals surface area contributed by atoms with E-state index in [1.165, 1.54) is 28.9 Å². The van der Waals surface area contributed by atoms with Crippen LogP contribution in [0.2, 0.25) is 0 Å². The number of carbonyl (C=O) groups excluding carboxylic acids is 1. The lowest BCUT2D eigenvalue weighted by Gasteiger charge is -2.27. The molecular formula is C30H27N5O5S. The lowest BCUT2D eigenvalue weighted by atomic mass is 9.99. The van der Waals surface area contributed by atoms with Gasteiger partial charge in [0.05, 0.1) is 10.6 Å². The lowest BCUT2D eigenvalue weighted by Crippen LogP contribution is -2.24. The van der Waals surface area contributed by atoms with Crippen LogP contribution in [-0.4, -0.2) is 40.7 Å². The lowest BCUT2D eigenvalue weighted by molar-refractivity contribution is 0.100. The molecule has 1 amide bonds. The van der Waals surface area contributed by atoms with Crippen LogP contribution in [-0.2, 0) is 16.9 Å². The van der Waals surface area contributed by atoms with Gasteiger partial charge in [0.2, 0.25) is 15.7 Å². The second kappa shape index (κ2) is 10.8. The molecule has 0 fully saturated rings. The van der Waals surface area contributed by atoms with E-state index in [-0.39, 0.29) is 21.8 Å². The maximum Gasteiger partial charge on any atom is 0.271 e. The third-order valence-electron chi connectivity index (χ3n) is 6.68. The van der Waals surface area contributed by atoms with Crippen molar-refractivity contribution in [2.45, 2.75) is 16.7 Å². The Morgan fingerprint density at radius 3 is 2.27 bits per heavy atom. The van der Waals surface area contributed by atoms with Gasteiger partial charge >= 0.3 is 0 Å². The van der Waals surface area contributed by atoms with Crippen LogP contribution in [0.3, 0.4) is 0 Å². The number of hydrogen-bond donors (Lipinski definition) is 3. The summed E-state index contributed by atoms with van der Waals surface area (Å²) in [6, 6.07) is 23.1. The Balaban J connectivity index is 1.69. The molecule has 0 unspecified atom stereocenters. The number of rotatable bonds is 8. The van der Waals surface area contributed by atoms with E-state index >= 15 is 0 Å². The number of nitrogens with two attached hydrogens (primary N) is 1. The molecule has 11 heteroatoms. The highest BCUT2D eigenvalue weighted by atomic mass is 32.2. The fraction of sp³-hybridized carbons (Fsp3) is 0.100. The van der Waals surface area contributed by atoms with Crippen molar-refractivity contribution in [1.82, 2.24) is 14.8 Å². The molecule has 2 aromatic heterocycles. The average Bonchev–Trinajstić information content (AvgIpc) is 3.41. The zero-order chi connectivity index (χ0) is 29.3. The summed E-state index contributed by atoms with van der Waals surface area (Å²) >= 11 is 0. The number of nitrogens with zero attached hydrogens (tertiary/aromatic N) is 3. The van der Waals surface area contributed by atoms with Crippen LogP contribution in [0.15, 0.2) is 106 Å². The van der Waals surface area contributed by atoms with E-state index in [4.69, 9.17) is 5.73 Å². The Morgan fingerprint density at radius 1 is 1.00 bits per heavy atom. The Labute approximate surface area is 236 Å². The van der Waals surface area contributed by atoms with Crippen molar-refractivity contribution in [1.29, 1.82) is 0 Å². The van der Waals surface area contributed by atoms with Gasteiger partial charge in [0.25, 0.3) is 5.56 Å². The number of anilines is 2. The quantitative estimate of drug-likeness (QED) is 0.253. The molecule has 208 valence electrons. The molecule has 10 nitrogen and oxygen atoms in total. The molecule has 41 heavy (non-hydrogen) atoms. The first-order valence-electron chi connectivity index (χ1n) is 12.7. The number of hydrogen-bond acceptors (Lipinski definition) is 7. The van der Waals surface area contributed by atoms with Crippen molar-refractivity contribution in [3.63, 3.8) is 0 Å². The summed E-state index contributed by atoms with van der Waals surface area (Å²) in [6.45, 7) is 2.19. The molecule has 3 aromatic carbocycles. The monoisotopic (exact) mass is 569 g/mol. The fourth-order valence-electron chi connectivity index (χ4n) is 4.77. The third kappa shape index (κ3) is 4.98. The molecule has 0 spiro atoms. The number of aromatic amines is 1. The molecule has 4 N–H and O–H groups in total. The highest BCUT2D eigenvalue weighted by Gasteiger charge is 2.32. The van der Waals surface area contributed by atoms with Gasteiger partial charge in [-0.25, -0.2) is 8.42 Å². The predicted octanol–water partition coefficient (Wildman–Crippen LogP) is 4.24. The molecule has 0 aliphatic heterocycles. The van der Waals surface area contributed by atoms with Crippen molar-refractivity contribution in [2.75, 3.05) is 11.4 Å². The molecule has 0 aliphatic carbocycles. The fourth-order valence-corrected chi connectivity index (χ4v) is 6.14. The van der Waals surface area contributed by atoms with Gasteiger partial charge in [-0.15, -0.1) is 0 Å². The maximum absolute atomic E-state index is 13.9. The number of aromatic nitrogens is 3. The average molecular weight is 570 g/mol. The Morgan fingerprint density at radius 2 is 1.66 bits per heavy atom. The molecule has 0 bridgehead atoms. The maximum atomic E-state index is 13.9. The van der Waals surface area contributed by atoms with E-state index in [0.717, 1.165) is 0 Å². The molecule has 0 saturated heterocycles. The highest BCUT2D eigenvalue weighted by Crippen LogP contribution is 2.43. The molecule has 2 heterocycles. The molecule has 0 saturated carbocycles. The summed E-state index contributed by atoms with van der Waals surface area (Å²) < 4.78 is 29.3. The number of sulfone groups is 1. The number of amides is 1. The molecule has 5 rings (SSSR count). The number of primary amides is 1. The molecule has 0 radical (unpaired) electrons. The zero-order valence-electron chi connectivity index (χ0n) is 22.3. The minimum atomic E-state index is -4.50. The van der Waals surface area contributed by atoms with Gasteiger partial charge in [-0.1, -0.05) is 48.5 Å². The Hall–Kier alpha value is -5.16.